The van der Waals surface area contributed by atoms with Gasteiger partial charge in [0.2, 0.25) is 0 Å². The largest absolute Gasteiger partial charge is 0.481 e. The number of carboxylic acids is 1. The lowest BCUT2D eigenvalue weighted by molar-refractivity contribution is -0.142. The Kier molecular flexibility index (Phi) is 5.82. The molecular formula is C18H23FN4O4S. The Morgan fingerprint density at radius 1 is 1.32 bits per heavy atom. The molecule has 2 aromatic rings. The molecule has 1 aliphatic heterocycles. The number of rotatable bonds is 6. The molecular weight excluding hydrogens is 387 g/mol. The third-order valence-corrected chi connectivity index (χ3v) is 6.54. The Balaban J connectivity index is 1.75. The summed E-state index contributed by atoms with van der Waals surface area (Å²) in [6.07, 6.45) is 0.989. The van der Waals surface area contributed by atoms with E-state index in [9.17, 15) is 17.6 Å². The molecule has 0 saturated carbocycles. The van der Waals surface area contributed by atoms with E-state index in [0.717, 1.165) is 11.3 Å². The maximum Gasteiger partial charge on any atom is 0.307 e. The van der Waals surface area contributed by atoms with Crippen molar-refractivity contribution in [2.75, 3.05) is 13.1 Å². The fourth-order valence-corrected chi connectivity index (χ4v) is 4.64. The molecule has 0 bridgehead atoms. The molecule has 1 atom stereocenters. The van der Waals surface area contributed by atoms with Crippen molar-refractivity contribution in [3.05, 3.63) is 47.0 Å². The minimum absolute atomic E-state index is 0.0303. The van der Waals surface area contributed by atoms with Gasteiger partial charge in [-0.1, -0.05) is 0 Å². The van der Waals surface area contributed by atoms with Crippen molar-refractivity contribution in [2.24, 2.45) is 5.92 Å². The Labute approximate surface area is 163 Å². The summed E-state index contributed by atoms with van der Waals surface area (Å²) in [5.41, 5.74) is 2.80. The molecule has 1 aliphatic rings. The molecule has 152 valence electrons. The first-order valence-electron chi connectivity index (χ1n) is 8.97. The van der Waals surface area contributed by atoms with E-state index >= 15 is 0 Å². The van der Waals surface area contributed by atoms with Gasteiger partial charge in [0.25, 0.3) is 10.2 Å². The SMILES string of the molecule is Cc1nn(-c2ccc(F)cc2)c(C)c1CNS(=O)(=O)N1CCCC(C(=O)O)C1. The molecule has 1 fully saturated rings. The van der Waals surface area contributed by atoms with Crippen LogP contribution in [0.3, 0.4) is 0 Å². The zero-order valence-electron chi connectivity index (χ0n) is 15.7. The minimum atomic E-state index is -3.81. The number of carboxylic acid groups (broad SMARTS) is 1. The monoisotopic (exact) mass is 410 g/mol. The highest BCUT2D eigenvalue weighted by Crippen LogP contribution is 2.21. The van der Waals surface area contributed by atoms with Crippen LogP contribution >= 0.6 is 0 Å². The molecule has 2 N–H and O–H groups in total. The van der Waals surface area contributed by atoms with E-state index in [0.29, 0.717) is 30.8 Å². The highest BCUT2D eigenvalue weighted by molar-refractivity contribution is 7.87. The van der Waals surface area contributed by atoms with E-state index < -0.39 is 22.1 Å². The van der Waals surface area contributed by atoms with Crippen molar-refractivity contribution in [3.63, 3.8) is 0 Å². The predicted octanol–water partition coefficient (Wildman–Crippen LogP) is 1.76. The molecule has 1 aromatic carbocycles. The highest BCUT2D eigenvalue weighted by Gasteiger charge is 2.32. The second-order valence-electron chi connectivity index (χ2n) is 6.90. The molecule has 2 heterocycles. The van der Waals surface area contributed by atoms with E-state index in [2.05, 4.69) is 9.82 Å². The molecule has 10 heteroatoms. The number of hydrogen-bond donors (Lipinski definition) is 2. The first-order valence-corrected chi connectivity index (χ1v) is 10.4. The second-order valence-corrected chi connectivity index (χ2v) is 8.65. The molecule has 8 nitrogen and oxygen atoms in total. The molecule has 1 unspecified atom stereocenters. The van der Waals surface area contributed by atoms with Crippen LogP contribution in [0.2, 0.25) is 0 Å². The van der Waals surface area contributed by atoms with Gasteiger partial charge in [-0.3, -0.25) is 4.79 Å². The first kappa shape index (κ1) is 20.4. The smallest absolute Gasteiger partial charge is 0.307 e. The lowest BCUT2D eigenvalue weighted by Gasteiger charge is -2.29. The maximum absolute atomic E-state index is 13.1. The first-order chi connectivity index (χ1) is 13.2. The van der Waals surface area contributed by atoms with Gasteiger partial charge in [-0.2, -0.15) is 22.5 Å². The van der Waals surface area contributed by atoms with Gasteiger partial charge in [-0.25, -0.2) is 9.07 Å². The molecule has 1 aromatic heterocycles. The number of aromatic nitrogens is 2. The highest BCUT2D eigenvalue weighted by atomic mass is 32.2. The van der Waals surface area contributed by atoms with Gasteiger partial charge in [0, 0.05) is 30.9 Å². The average Bonchev–Trinajstić information content (AvgIpc) is 2.94. The van der Waals surface area contributed by atoms with E-state index in [4.69, 9.17) is 5.11 Å². The number of piperidine rings is 1. The van der Waals surface area contributed by atoms with Crippen LogP contribution in [-0.2, 0) is 21.5 Å². The standard InChI is InChI=1S/C18H23FN4O4S/c1-12-17(13(2)23(21-12)16-7-5-15(19)6-8-16)10-20-28(26,27)22-9-3-4-14(11-22)18(24)25/h5-8,14,20H,3-4,9-11H2,1-2H3,(H,24,25). The summed E-state index contributed by atoms with van der Waals surface area (Å²) >= 11 is 0. The minimum Gasteiger partial charge on any atom is -0.481 e. The predicted molar refractivity (Wildman–Crippen MR) is 101 cm³/mol. The number of nitrogens with one attached hydrogen (secondary N) is 1. The van der Waals surface area contributed by atoms with E-state index in [1.54, 1.807) is 23.7 Å². The van der Waals surface area contributed by atoms with Gasteiger partial charge >= 0.3 is 5.97 Å². The summed E-state index contributed by atoms with van der Waals surface area (Å²) in [5, 5.41) is 13.6. The zero-order valence-corrected chi connectivity index (χ0v) is 16.5. The molecule has 1 saturated heterocycles. The Morgan fingerprint density at radius 2 is 2.00 bits per heavy atom. The summed E-state index contributed by atoms with van der Waals surface area (Å²) in [7, 11) is -3.81. The number of carbonyl (C=O) groups is 1. The van der Waals surface area contributed by atoms with Crippen LogP contribution in [0.25, 0.3) is 5.69 Å². The van der Waals surface area contributed by atoms with E-state index in [-0.39, 0.29) is 18.9 Å². The number of hydrogen-bond acceptors (Lipinski definition) is 4. The van der Waals surface area contributed by atoms with Gasteiger partial charge in [0.05, 0.1) is 17.3 Å². The summed E-state index contributed by atoms with van der Waals surface area (Å²) in [6, 6.07) is 5.87. The van der Waals surface area contributed by atoms with Crippen LogP contribution in [-0.4, -0.2) is 46.7 Å². The van der Waals surface area contributed by atoms with Crippen LogP contribution in [0.15, 0.2) is 24.3 Å². The van der Waals surface area contributed by atoms with Crippen LogP contribution in [0, 0.1) is 25.6 Å². The number of aryl methyl sites for hydroxylation is 1. The fourth-order valence-electron chi connectivity index (χ4n) is 3.38. The number of benzene rings is 1. The third kappa shape index (κ3) is 4.23. The Bertz CT molecular complexity index is 972. The third-order valence-electron chi connectivity index (χ3n) is 5.02. The van der Waals surface area contributed by atoms with Crippen molar-refractivity contribution >= 4 is 16.2 Å². The summed E-state index contributed by atoms with van der Waals surface area (Å²) in [6.45, 7) is 3.89. The topological polar surface area (TPSA) is 105 Å². The molecule has 0 spiro atoms. The van der Waals surface area contributed by atoms with Gasteiger partial charge < -0.3 is 5.11 Å². The van der Waals surface area contributed by atoms with Crippen LogP contribution in [0.1, 0.15) is 29.8 Å². The van der Waals surface area contributed by atoms with Gasteiger partial charge in [0.15, 0.2) is 0 Å². The Morgan fingerprint density at radius 3 is 2.64 bits per heavy atom. The summed E-state index contributed by atoms with van der Waals surface area (Å²) in [5.74, 6) is -2.01. The molecule has 28 heavy (non-hydrogen) atoms. The van der Waals surface area contributed by atoms with Crippen LogP contribution in [0.4, 0.5) is 4.39 Å². The quantitative estimate of drug-likeness (QED) is 0.755. The fraction of sp³-hybridized carbons (Fsp3) is 0.444. The van der Waals surface area contributed by atoms with Gasteiger partial charge in [0.1, 0.15) is 5.82 Å². The van der Waals surface area contributed by atoms with Gasteiger partial charge in [-0.15, -0.1) is 0 Å². The van der Waals surface area contributed by atoms with E-state index in [1.165, 1.54) is 16.4 Å². The van der Waals surface area contributed by atoms with Crippen LogP contribution in [0.5, 0.6) is 0 Å². The average molecular weight is 410 g/mol. The van der Waals surface area contributed by atoms with E-state index in [1.807, 2.05) is 6.92 Å². The van der Waals surface area contributed by atoms with Crippen molar-refractivity contribution in [3.8, 4) is 5.69 Å². The molecule has 0 amide bonds. The lowest BCUT2D eigenvalue weighted by atomic mass is 10.0. The van der Waals surface area contributed by atoms with Crippen molar-refractivity contribution < 1.29 is 22.7 Å². The maximum atomic E-state index is 13.1. The molecule has 3 rings (SSSR count). The zero-order chi connectivity index (χ0) is 20.5. The number of nitrogens with zero attached hydrogens (tertiary/aromatic N) is 3. The normalized spacial score (nSPS) is 18.3. The summed E-state index contributed by atoms with van der Waals surface area (Å²) in [4.78, 5) is 11.2. The van der Waals surface area contributed by atoms with Crippen LogP contribution < -0.4 is 4.72 Å². The molecule has 0 aliphatic carbocycles. The molecule has 0 radical (unpaired) electrons. The van der Waals surface area contributed by atoms with Crippen molar-refractivity contribution in [1.29, 1.82) is 0 Å². The lowest BCUT2D eigenvalue weighted by Crippen LogP contribution is -2.47. The van der Waals surface area contributed by atoms with Crippen molar-refractivity contribution in [1.82, 2.24) is 18.8 Å². The van der Waals surface area contributed by atoms with Crippen molar-refractivity contribution in [2.45, 2.75) is 33.2 Å². The number of halogens is 1. The summed E-state index contributed by atoms with van der Waals surface area (Å²) < 4.78 is 43.8. The Hall–Kier alpha value is -2.30. The second kappa shape index (κ2) is 7.98. The van der Waals surface area contributed by atoms with Gasteiger partial charge in [-0.05, 0) is 51.0 Å². The number of aliphatic carboxylic acids is 1.